The average Bonchev–Trinajstić information content (AvgIpc) is 0. The topological polar surface area (TPSA) is 85.5 Å². The van der Waals surface area contributed by atoms with Crippen molar-refractivity contribution in [2.75, 3.05) is 0 Å². The van der Waals surface area contributed by atoms with Crippen LogP contribution in [0.3, 0.4) is 0 Å². The van der Waals surface area contributed by atoms with Crippen LogP contribution in [0.2, 0.25) is 0 Å². The minimum absolute atomic E-state index is 0. The number of hydrogen-bond acceptors (Lipinski definition) is 0. The van der Waals surface area contributed by atoms with Crippen LogP contribution in [0.15, 0.2) is 0 Å². The van der Waals surface area contributed by atoms with Gasteiger partial charge in [-0.3, -0.25) is 0 Å². The Hall–Kier alpha value is 1.04. The van der Waals surface area contributed by atoms with Gasteiger partial charge in [0, 0.05) is 0 Å². The van der Waals surface area contributed by atoms with Gasteiger partial charge in [-0.25, -0.2) is 0 Å². The van der Waals surface area contributed by atoms with Gasteiger partial charge in [-0.15, -0.1) is 0 Å². The molecule has 0 heterocycles. The van der Waals surface area contributed by atoms with Gasteiger partial charge in [0.05, 0.1) is 0 Å². The van der Waals surface area contributed by atoms with Crippen molar-refractivity contribution in [2.45, 2.75) is 0 Å². The van der Waals surface area contributed by atoms with Gasteiger partial charge in [-0.1, -0.05) is 0 Å². The zero-order valence-corrected chi connectivity index (χ0v) is 5.58. The SMILES string of the molecule is [Fe+2].[O-2].[O-2].[O-2].[Os+4]. The second-order valence-electron chi connectivity index (χ2n) is 0. The van der Waals surface area contributed by atoms with Gasteiger partial charge in [0.15, 0.2) is 0 Å². The minimum Gasteiger partial charge on any atom is -2.00 e. The Morgan fingerprint density at radius 2 is 0.600 bits per heavy atom. The van der Waals surface area contributed by atoms with Crippen molar-refractivity contribution in [2.24, 2.45) is 0 Å². The largest absolute Gasteiger partial charge is 4.00 e. The van der Waals surface area contributed by atoms with E-state index in [1.807, 2.05) is 0 Å². The fourth-order valence-corrected chi connectivity index (χ4v) is 0. The molecule has 3 nitrogen and oxygen atoms in total. The van der Waals surface area contributed by atoms with Crippen LogP contribution in [-0.4, -0.2) is 0 Å². The summed E-state index contributed by atoms with van der Waals surface area (Å²) in [7, 11) is 0. The van der Waals surface area contributed by atoms with Gasteiger partial charge >= 0.3 is 36.9 Å². The monoisotopic (exact) mass is 296 g/mol. The van der Waals surface area contributed by atoms with Crippen molar-refractivity contribution in [1.29, 1.82) is 0 Å². The summed E-state index contributed by atoms with van der Waals surface area (Å²) in [6, 6.07) is 0. The summed E-state index contributed by atoms with van der Waals surface area (Å²) >= 11 is 0. The Balaban J connectivity index is 0. The first kappa shape index (κ1) is 143. The molecule has 0 radical (unpaired) electrons. The quantitative estimate of drug-likeness (QED) is 0.546. The third-order valence-electron chi connectivity index (χ3n) is 0. The standard InChI is InChI=1S/Fe.3O.Os/q+2;3*-2;+4. The van der Waals surface area contributed by atoms with Gasteiger partial charge < -0.3 is 16.4 Å². The first-order valence-corrected chi connectivity index (χ1v) is 0. The third kappa shape index (κ3) is 43.3. The molecule has 0 amide bonds. The van der Waals surface area contributed by atoms with Crippen molar-refractivity contribution in [3.8, 4) is 0 Å². The summed E-state index contributed by atoms with van der Waals surface area (Å²) in [5, 5.41) is 0. The van der Waals surface area contributed by atoms with E-state index < -0.39 is 0 Å². The first-order valence-electron chi connectivity index (χ1n) is 0. The molecule has 0 atom stereocenters. The van der Waals surface area contributed by atoms with Crippen molar-refractivity contribution in [3.63, 3.8) is 0 Å². The zero-order chi connectivity index (χ0) is 0. The summed E-state index contributed by atoms with van der Waals surface area (Å²) in [5.41, 5.74) is 0. The summed E-state index contributed by atoms with van der Waals surface area (Å²) in [6.45, 7) is 0. The van der Waals surface area contributed by atoms with Crippen LogP contribution < -0.4 is 0 Å². The predicted octanol–water partition coefficient (Wildman–Crippen LogP) is -0.361. The van der Waals surface area contributed by atoms with Crippen LogP contribution in [0, 0.1) is 0 Å². The summed E-state index contributed by atoms with van der Waals surface area (Å²) in [6.07, 6.45) is 0. The minimum atomic E-state index is 0. The molecule has 0 N–H and O–H groups in total. The molecule has 0 rings (SSSR count). The van der Waals surface area contributed by atoms with E-state index in [0.717, 1.165) is 0 Å². The maximum atomic E-state index is 0. The molecule has 0 aliphatic heterocycles. The smallest absolute Gasteiger partial charge is 2.00 e. The maximum Gasteiger partial charge on any atom is 4.00 e. The summed E-state index contributed by atoms with van der Waals surface area (Å²) in [5.74, 6) is 0. The molecule has 34 valence electrons. The van der Waals surface area contributed by atoms with Crippen LogP contribution in [0.1, 0.15) is 0 Å². The van der Waals surface area contributed by atoms with Gasteiger partial charge in [-0.2, -0.15) is 0 Å². The normalized spacial score (nSPS) is 0. The van der Waals surface area contributed by atoms with E-state index in [0.29, 0.717) is 0 Å². The van der Waals surface area contributed by atoms with Gasteiger partial charge in [0.2, 0.25) is 0 Å². The van der Waals surface area contributed by atoms with Crippen molar-refractivity contribution >= 4 is 0 Å². The van der Waals surface area contributed by atoms with E-state index in [-0.39, 0.29) is 53.3 Å². The molecule has 0 aromatic heterocycles. The summed E-state index contributed by atoms with van der Waals surface area (Å²) in [4.78, 5) is 0. The second-order valence-corrected chi connectivity index (χ2v) is 0. The first-order chi connectivity index (χ1) is 0. The van der Waals surface area contributed by atoms with E-state index in [9.17, 15) is 0 Å². The Kier molecular flexibility index (Phi) is 2180. The molecular formula is FeO3Os. The predicted molar refractivity (Wildman–Crippen MR) is 2.06 cm³/mol. The van der Waals surface area contributed by atoms with Crippen LogP contribution in [0.4, 0.5) is 0 Å². The molecule has 0 aliphatic rings. The van der Waals surface area contributed by atoms with Gasteiger partial charge in [0.25, 0.3) is 0 Å². The third-order valence-corrected chi connectivity index (χ3v) is 0. The molecule has 0 saturated carbocycles. The molecule has 0 fully saturated rings. The molecule has 0 bridgehead atoms. The van der Waals surface area contributed by atoms with Gasteiger partial charge in [-0.05, 0) is 0 Å². The van der Waals surface area contributed by atoms with E-state index in [4.69, 9.17) is 0 Å². The molecule has 0 spiro atoms. The molecule has 5 heavy (non-hydrogen) atoms. The van der Waals surface area contributed by atoms with E-state index in [1.165, 1.54) is 0 Å². The molecule has 0 saturated heterocycles. The fraction of sp³-hybridized carbons (Fsp3) is 0. The van der Waals surface area contributed by atoms with Crippen molar-refractivity contribution in [1.82, 2.24) is 0 Å². The average molecular weight is 294 g/mol. The number of rotatable bonds is 0. The molecule has 0 aromatic rings. The van der Waals surface area contributed by atoms with E-state index in [2.05, 4.69) is 0 Å². The Morgan fingerprint density at radius 3 is 0.600 bits per heavy atom. The van der Waals surface area contributed by atoms with Crippen LogP contribution in [0.5, 0.6) is 0 Å². The molecule has 5 heteroatoms. The Morgan fingerprint density at radius 1 is 0.600 bits per heavy atom. The van der Waals surface area contributed by atoms with E-state index in [1.54, 1.807) is 0 Å². The zero-order valence-electron chi connectivity index (χ0n) is 1.93. The maximum absolute atomic E-state index is 0. The Labute approximate surface area is 53.6 Å². The second kappa shape index (κ2) is 76.4. The fourth-order valence-electron chi connectivity index (χ4n) is 0. The Bertz CT molecular complexity index is 6.85. The molecule has 0 aliphatic carbocycles. The van der Waals surface area contributed by atoms with Crippen LogP contribution >= 0.6 is 0 Å². The van der Waals surface area contributed by atoms with Gasteiger partial charge in [0.1, 0.15) is 0 Å². The van der Waals surface area contributed by atoms with Crippen LogP contribution in [0.25, 0.3) is 0 Å². The molecule has 0 aromatic carbocycles. The van der Waals surface area contributed by atoms with E-state index >= 15 is 0 Å². The summed E-state index contributed by atoms with van der Waals surface area (Å²) < 4.78 is 0. The van der Waals surface area contributed by atoms with Crippen LogP contribution in [-0.2, 0) is 53.3 Å². The molecule has 0 unspecified atom stereocenters. The van der Waals surface area contributed by atoms with Crippen molar-refractivity contribution < 1.29 is 53.3 Å². The molecular weight excluding hydrogens is 294 g/mol. The number of hydrogen-bond donors (Lipinski definition) is 0. The van der Waals surface area contributed by atoms with Crippen molar-refractivity contribution in [3.05, 3.63) is 0 Å².